The Bertz CT molecular complexity index is 1390. The average molecular weight is 999 g/mol. The summed E-state index contributed by atoms with van der Waals surface area (Å²) in [5, 5.41) is 50.3. The summed E-state index contributed by atoms with van der Waals surface area (Å²) in [6, 6.07) is 0. The number of aliphatic hydroxyl groups is 5. The van der Waals surface area contributed by atoms with Crippen molar-refractivity contribution in [1.29, 1.82) is 0 Å². The molecule has 1 fully saturated rings. The number of hydrogen-bond donors (Lipinski definition) is 6. The zero-order valence-corrected chi connectivity index (χ0v) is 44.0. The molecule has 0 heterocycles. The lowest BCUT2D eigenvalue weighted by atomic mass is 9.85. The highest BCUT2D eigenvalue weighted by molar-refractivity contribution is 7.47. The van der Waals surface area contributed by atoms with Gasteiger partial charge >= 0.3 is 19.8 Å². The SMILES string of the molecule is CCCCCCCCCCC/C=C/C/C=C/CCCC(=O)OC[C@H](COP(=O)(O)OC1C(O)C(O)C(O)[C@@H](O)C1O)OC(=O)CCC/C=C/CC/C=C/CCCCCCCCCCCCCCCC. The second-order valence-corrected chi connectivity index (χ2v) is 20.5. The fourth-order valence-electron chi connectivity index (χ4n) is 8.23. The Labute approximate surface area is 418 Å². The molecule has 0 amide bonds. The lowest BCUT2D eigenvalue weighted by Crippen LogP contribution is -2.64. The summed E-state index contributed by atoms with van der Waals surface area (Å²) in [7, 11) is -5.14. The van der Waals surface area contributed by atoms with E-state index in [2.05, 4.69) is 50.3 Å². The number of phosphoric acid groups is 1. The molecular weight excluding hydrogens is 900 g/mol. The number of rotatable bonds is 46. The van der Waals surface area contributed by atoms with E-state index in [1.165, 1.54) is 148 Å². The van der Waals surface area contributed by atoms with E-state index in [9.17, 15) is 44.6 Å². The zero-order chi connectivity index (χ0) is 50.6. The van der Waals surface area contributed by atoms with Gasteiger partial charge in [0.1, 0.15) is 43.2 Å². The lowest BCUT2D eigenvalue weighted by Gasteiger charge is -2.41. The number of phosphoric ester groups is 1. The summed E-state index contributed by atoms with van der Waals surface area (Å²) in [5.74, 6) is -1.20. The number of ether oxygens (including phenoxy) is 2. The Hall–Kier alpha value is -2.19. The van der Waals surface area contributed by atoms with Crippen molar-refractivity contribution in [1.82, 2.24) is 0 Å². The standard InChI is InChI=1S/C55H99O13P/c1-3-5-7-9-11-13-15-17-19-21-22-23-24-25-26-28-30-32-34-36-38-40-42-44-49(57)67-47(46-66-69(63,64)68-55-53(61)51(59)50(58)52(60)54(55)62)45-65-48(56)43-41-39-37-35-33-31-29-27-20-18-16-14-12-10-8-6-4-2/h28-31,35-38,47,50-55,58-62H,3-27,32-34,39-46H2,1-2H3,(H,63,64)/b30-28+,31-29+,37-35+,38-36+/t47-,50?,51-,52?,53?,54?,55?/m1/s1. The molecule has 1 aliphatic rings. The molecule has 0 aromatic rings. The van der Waals surface area contributed by atoms with Crippen molar-refractivity contribution in [2.45, 2.75) is 275 Å². The van der Waals surface area contributed by atoms with E-state index in [0.717, 1.165) is 32.1 Å². The highest BCUT2D eigenvalue weighted by atomic mass is 31.2. The van der Waals surface area contributed by atoms with Crippen LogP contribution in [-0.4, -0.2) is 98.3 Å². The van der Waals surface area contributed by atoms with Gasteiger partial charge in [-0.1, -0.05) is 197 Å². The number of esters is 2. The van der Waals surface area contributed by atoms with Crippen LogP contribution < -0.4 is 0 Å². The molecular formula is C55H99O13P. The van der Waals surface area contributed by atoms with Crippen molar-refractivity contribution in [3.8, 4) is 0 Å². The highest BCUT2D eigenvalue weighted by Crippen LogP contribution is 2.47. The van der Waals surface area contributed by atoms with Crippen molar-refractivity contribution in [2.24, 2.45) is 0 Å². The molecule has 0 aliphatic heterocycles. The third kappa shape index (κ3) is 36.4. The first-order valence-corrected chi connectivity index (χ1v) is 28.9. The van der Waals surface area contributed by atoms with E-state index >= 15 is 0 Å². The van der Waals surface area contributed by atoms with Crippen molar-refractivity contribution in [2.75, 3.05) is 13.2 Å². The van der Waals surface area contributed by atoms with Gasteiger partial charge in [-0.3, -0.25) is 18.6 Å². The van der Waals surface area contributed by atoms with E-state index in [1.54, 1.807) is 0 Å². The molecule has 8 atom stereocenters. The monoisotopic (exact) mass is 999 g/mol. The lowest BCUT2D eigenvalue weighted by molar-refractivity contribution is -0.220. The molecule has 0 radical (unpaired) electrons. The van der Waals surface area contributed by atoms with Crippen LogP contribution in [0.4, 0.5) is 0 Å². The van der Waals surface area contributed by atoms with Crippen LogP contribution in [0.3, 0.4) is 0 Å². The summed E-state index contributed by atoms with van der Waals surface area (Å²) in [6.07, 6.45) is 41.8. The van der Waals surface area contributed by atoms with E-state index in [4.69, 9.17) is 18.5 Å². The molecule has 0 spiro atoms. The Balaban J connectivity index is 2.41. The minimum atomic E-state index is -5.14. The number of aliphatic hydroxyl groups excluding tert-OH is 5. The van der Waals surface area contributed by atoms with Crippen molar-refractivity contribution >= 4 is 19.8 Å². The molecule has 0 bridgehead atoms. The summed E-state index contributed by atoms with van der Waals surface area (Å²) < 4.78 is 33.6. The third-order valence-electron chi connectivity index (χ3n) is 12.6. The molecule has 402 valence electrons. The van der Waals surface area contributed by atoms with Crippen LogP contribution in [0.15, 0.2) is 48.6 Å². The number of carbonyl (C=O) groups excluding carboxylic acids is 2. The van der Waals surface area contributed by atoms with Gasteiger partial charge in [-0.05, 0) is 70.6 Å². The number of carbonyl (C=O) groups is 2. The molecule has 1 aliphatic carbocycles. The molecule has 0 aromatic heterocycles. The van der Waals surface area contributed by atoms with Gasteiger partial charge in [0.05, 0.1) is 6.61 Å². The molecule has 0 saturated heterocycles. The first-order chi connectivity index (χ1) is 33.4. The Morgan fingerprint density at radius 2 is 0.797 bits per heavy atom. The molecule has 0 aromatic carbocycles. The van der Waals surface area contributed by atoms with Gasteiger partial charge in [-0.25, -0.2) is 4.57 Å². The first-order valence-electron chi connectivity index (χ1n) is 27.4. The molecule has 1 saturated carbocycles. The minimum absolute atomic E-state index is 0.0283. The van der Waals surface area contributed by atoms with Crippen LogP contribution in [0.2, 0.25) is 0 Å². The van der Waals surface area contributed by atoms with Gasteiger partial charge in [0, 0.05) is 12.8 Å². The zero-order valence-electron chi connectivity index (χ0n) is 43.1. The summed E-state index contributed by atoms with van der Waals surface area (Å²) in [5.41, 5.74) is 0. The maximum absolute atomic E-state index is 12.9. The van der Waals surface area contributed by atoms with E-state index < -0.39 is 75.7 Å². The predicted molar refractivity (Wildman–Crippen MR) is 276 cm³/mol. The molecule has 13 nitrogen and oxygen atoms in total. The quantitative estimate of drug-likeness (QED) is 0.0145. The molecule has 69 heavy (non-hydrogen) atoms. The van der Waals surface area contributed by atoms with Crippen LogP contribution in [-0.2, 0) is 32.7 Å². The van der Waals surface area contributed by atoms with Crippen LogP contribution in [0.1, 0.15) is 232 Å². The molecule has 14 heteroatoms. The van der Waals surface area contributed by atoms with Gasteiger partial charge in [0.25, 0.3) is 0 Å². The fourth-order valence-corrected chi connectivity index (χ4v) is 9.20. The number of allylic oxidation sites excluding steroid dienone is 8. The fraction of sp³-hybridized carbons (Fsp3) is 0.818. The second kappa shape index (κ2) is 44.5. The second-order valence-electron chi connectivity index (χ2n) is 19.1. The van der Waals surface area contributed by atoms with E-state index in [-0.39, 0.29) is 12.8 Å². The molecule has 6 unspecified atom stereocenters. The van der Waals surface area contributed by atoms with Crippen LogP contribution in [0.25, 0.3) is 0 Å². The smallest absolute Gasteiger partial charge is 0.462 e. The van der Waals surface area contributed by atoms with Crippen LogP contribution in [0, 0.1) is 0 Å². The normalized spacial score (nSPS) is 21.2. The van der Waals surface area contributed by atoms with Gasteiger partial charge in [0.2, 0.25) is 0 Å². The summed E-state index contributed by atoms with van der Waals surface area (Å²) >= 11 is 0. The average Bonchev–Trinajstić information content (AvgIpc) is 3.33. The Morgan fingerprint density at radius 1 is 0.449 bits per heavy atom. The highest BCUT2D eigenvalue weighted by Gasteiger charge is 2.51. The minimum Gasteiger partial charge on any atom is -0.462 e. The number of unbranched alkanes of at least 4 members (excludes halogenated alkanes) is 26. The summed E-state index contributed by atoms with van der Waals surface area (Å²) in [6.45, 7) is 3.27. The molecule has 6 N–H and O–H groups in total. The number of hydrogen-bond acceptors (Lipinski definition) is 12. The van der Waals surface area contributed by atoms with E-state index in [1.807, 2.05) is 12.2 Å². The van der Waals surface area contributed by atoms with Crippen molar-refractivity contribution in [3.05, 3.63) is 48.6 Å². The maximum atomic E-state index is 12.9. The van der Waals surface area contributed by atoms with Gasteiger partial charge in [0.15, 0.2) is 6.10 Å². The van der Waals surface area contributed by atoms with Crippen LogP contribution >= 0.6 is 7.82 Å². The third-order valence-corrected chi connectivity index (χ3v) is 13.6. The topological polar surface area (TPSA) is 210 Å². The van der Waals surface area contributed by atoms with Crippen molar-refractivity contribution < 1.29 is 63.1 Å². The first kappa shape index (κ1) is 64.8. The van der Waals surface area contributed by atoms with Gasteiger partial charge in [-0.2, -0.15) is 0 Å². The van der Waals surface area contributed by atoms with Gasteiger partial charge < -0.3 is 39.9 Å². The maximum Gasteiger partial charge on any atom is 0.472 e. The molecule has 1 rings (SSSR count). The van der Waals surface area contributed by atoms with E-state index in [0.29, 0.717) is 25.7 Å². The summed E-state index contributed by atoms with van der Waals surface area (Å²) in [4.78, 5) is 35.8. The largest absolute Gasteiger partial charge is 0.472 e. The predicted octanol–water partition coefficient (Wildman–Crippen LogP) is 12.3. The van der Waals surface area contributed by atoms with Crippen LogP contribution in [0.5, 0.6) is 0 Å². The Morgan fingerprint density at radius 3 is 1.23 bits per heavy atom. The van der Waals surface area contributed by atoms with Crippen molar-refractivity contribution in [3.63, 3.8) is 0 Å². The Kier molecular flexibility index (Phi) is 41.8. The van der Waals surface area contributed by atoms with Gasteiger partial charge in [-0.15, -0.1) is 0 Å².